The van der Waals surface area contributed by atoms with Crippen molar-refractivity contribution in [3.8, 4) is 11.3 Å². The molecule has 0 amide bonds. The SMILES string of the molecule is CCOC(=O)[C@@H]1CC(C)=C(C)C[C@H]1C(=O)n1nc2c(c1-c1ccccc1)[C@H](C)CC[C@H]2C(C)C. The first kappa shape index (κ1) is 24.4. The molecule has 0 aliphatic heterocycles. The van der Waals surface area contributed by atoms with Gasteiger partial charge in [-0.25, -0.2) is 0 Å². The maximum atomic E-state index is 14.2. The summed E-state index contributed by atoms with van der Waals surface area (Å²) in [6.45, 7) is 13.0. The van der Waals surface area contributed by atoms with Gasteiger partial charge in [0.2, 0.25) is 0 Å². The Hall–Kier alpha value is -2.69. The van der Waals surface area contributed by atoms with E-state index >= 15 is 0 Å². The van der Waals surface area contributed by atoms with E-state index in [0.29, 0.717) is 37.2 Å². The number of hydrogen-bond donors (Lipinski definition) is 0. The van der Waals surface area contributed by atoms with E-state index in [0.717, 1.165) is 29.8 Å². The molecule has 0 unspecified atom stereocenters. The molecule has 0 saturated carbocycles. The molecule has 4 rings (SSSR count). The summed E-state index contributed by atoms with van der Waals surface area (Å²) in [6.07, 6.45) is 3.30. The van der Waals surface area contributed by atoms with Crippen LogP contribution in [0.2, 0.25) is 0 Å². The summed E-state index contributed by atoms with van der Waals surface area (Å²) in [5.41, 5.74) is 6.55. The van der Waals surface area contributed by atoms with Gasteiger partial charge in [0.25, 0.3) is 5.91 Å². The molecule has 1 heterocycles. The molecule has 34 heavy (non-hydrogen) atoms. The molecular formula is C29H38N2O3. The van der Waals surface area contributed by atoms with E-state index in [1.807, 2.05) is 25.1 Å². The predicted molar refractivity (Wildman–Crippen MR) is 135 cm³/mol. The van der Waals surface area contributed by atoms with Crippen LogP contribution in [0.3, 0.4) is 0 Å². The number of carbonyl (C=O) groups is 2. The molecule has 4 atom stereocenters. The Morgan fingerprint density at radius 1 is 1.06 bits per heavy atom. The van der Waals surface area contributed by atoms with Gasteiger partial charge in [-0.05, 0) is 58.3 Å². The number of benzene rings is 1. The Bertz CT molecular complexity index is 1100. The van der Waals surface area contributed by atoms with Crippen molar-refractivity contribution in [2.24, 2.45) is 17.8 Å². The highest BCUT2D eigenvalue weighted by molar-refractivity contribution is 5.91. The third-order valence-electron chi connectivity index (χ3n) is 7.94. The van der Waals surface area contributed by atoms with Crippen molar-refractivity contribution >= 4 is 11.9 Å². The second kappa shape index (κ2) is 9.89. The summed E-state index contributed by atoms with van der Waals surface area (Å²) in [5.74, 6) is -0.203. The maximum Gasteiger partial charge on any atom is 0.310 e. The molecule has 0 spiro atoms. The number of rotatable bonds is 5. The summed E-state index contributed by atoms with van der Waals surface area (Å²) >= 11 is 0. The summed E-state index contributed by atoms with van der Waals surface area (Å²) in [4.78, 5) is 27.1. The lowest BCUT2D eigenvalue weighted by Gasteiger charge is -2.30. The quantitative estimate of drug-likeness (QED) is 0.364. The minimum absolute atomic E-state index is 0.0899. The van der Waals surface area contributed by atoms with E-state index in [2.05, 4.69) is 46.8 Å². The van der Waals surface area contributed by atoms with Crippen molar-refractivity contribution in [3.63, 3.8) is 0 Å². The largest absolute Gasteiger partial charge is 0.466 e. The molecular weight excluding hydrogens is 424 g/mol. The molecule has 0 N–H and O–H groups in total. The first-order chi connectivity index (χ1) is 16.2. The number of fused-ring (bicyclic) bond motifs is 1. The van der Waals surface area contributed by atoms with Crippen LogP contribution in [0.5, 0.6) is 0 Å². The maximum absolute atomic E-state index is 14.2. The zero-order valence-corrected chi connectivity index (χ0v) is 21.4. The topological polar surface area (TPSA) is 61.2 Å². The van der Waals surface area contributed by atoms with E-state index in [-0.39, 0.29) is 11.9 Å². The average molecular weight is 463 g/mol. The van der Waals surface area contributed by atoms with Crippen molar-refractivity contribution in [3.05, 3.63) is 52.7 Å². The van der Waals surface area contributed by atoms with Crippen LogP contribution in [0.4, 0.5) is 0 Å². The fourth-order valence-corrected chi connectivity index (χ4v) is 5.81. The normalized spacial score (nSPS) is 24.8. The lowest BCUT2D eigenvalue weighted by molar-refractivity contribution is -0.149. The molecule has 0 bridgehead atoms. The van der Waals surface area contributed by atoms with Gasteiger partial charge in [-0.3, -0.25) is 9.59 Å². The first-order valence-electron chi connectivity index (χ1n) is 12.8. The van der Waals surface area contributed by atoms with Crippen molar-refractivity contribution in [1.29, 1.82) is 0 Å². The Morgan fingerprint density at radius 3 is 2.32 bits per heavy atom. The van der Waals surface area contributed by atoms with Gasteiger partial charge in [0.15, 0.2) is 0 Å². The van der Waals surface area contributed by atoms with Crippen LogP contribution in [0.1, 0.15) is 95.1 Å². The number of aromatic nitrogens is 2. The molecule has 0 saturated heterocycles. The van der Waals surface area contributed by atoms with Gasteiger partial charge in [0.1, 0.15) is 0 Å². The van der Waals surface area contributed by atoms with Crippen LogP contribution in [-0.2, 0) is 9.53 Å². The smallest absolute Gasteiger partial charge is 0.310 e. The van der Waals surface area contributed by atoms with Gasteiger partial charge in [0, 0.05) is 17.0 Å². The van der Waals surface area contributed by atoms with Crippen molar-refractivity contribution in [1.82, 2.24) is 9.78 Å². The molecule has 5 heteroatoms. The number of carbonyl (C=O) groups excluding carboxylic acids is 2. The van der Waals surface area contributed by atoms with Crippen LogP contribution >= 0.6 is 0 Å². The van der Waals surface area contributed by atoms with Gasteiger partial charge in [-0.2, -0.15) is 9.78 Å². The van der Waals surface area contributed by atoms with Gasteiger partial charge in [-0.15, -0.1) is 0 Å². The summed E-state index contributed by atoms with van der Waals surface area (Å²) in [7, 11) is 0. The molecule has 2 aliphatic carbocycles. The third-order valence-corrected chi connectivity index (χ3v) is 7.94. The molecule has 5 nitrogen and oxygen atoms in total. The highest BCUT2D eigenvalue weighted by Gasteiger charge is 2.42. The number of hydrogen-bond acceptors (Lipinski definition) is 4. The zero-order valence-electron chi connectivity index (χ0n) is 21.4. The minimum Gasteiger partial charge on any atom is -0.466 e. The summed E-state index contributed by atoms with van der Waals surface area (Å²) in [6, 6.07) is 10.1. The lowest BCUT2D eigenvalue weighted by atomic mass is 9.75. The third kappa shape index (κ3) is 4.37. The van der Waals surface area contributed by atoms with Crippen molar-refractivity contribution in [2.75, 3.05) is 6.61 Å². The fourth-order valence-electron chi connectivity index (χ4n) is 5.81. The minimum atomic E-state index is -0.473. The molecule has 2 aliphatic rings. The molecule has 2 aromatic rings. The number of allylic oxidation sites excluding steroid dienone is 2. The summed E-state index contributed by atoms with van der Waals surface area (Å²) in [5, 5.41) is 5.04. The van der Waals surface area contributed by atoms with Crippen molar-refractivity contribution in [2.45, 2.75) is 79.1 Å². The average Bonchev–Trinajstić information content (AvgIpc) is 3.22. The molecule has 0 fully saturated rings. The second-order valence-corrected chi connectivity index (χ2v) is 10.5. The first-order valence-corrected chi connectivity index (χ1v) is 12.8. The summed E-state index contributed by atoms with van der Waals surface area (Å²) < 4.78 is 7.05. The number of nitrogens with zero attached hydrogens (tertiary/aromatic N) is 2. The van der Waals surface area contributed by atoms with E-state index in [1.54, 1.807) is 4.68 Å². The second-order valence-electron chi connectivity index (χ2n) is 10.5. The Balaban J connectivity index is 1.87. The van der Waals surface area contributed by atoms with Crippen LogP contribution in [0, 0.1) is 17.8 Å². The van der Waals surface area contributed by atoms with Crippen LogP contribution in [0.25, 0.3) is 11.3 Å². The van der Waals surface area contributed by atoms with Gasteiger partial charge < -0.3 is 4.74 Å². The number of ether oxygens (including phenoxy) is 1. The van der Waals surface area contributed by atoms with E-state index in [4.69, 9.17) is 9.84 Å². The van der Waals surface area contributed by atoms with Crippen LogP contribution < -0.4 is 0 Å². The highest BCUT2D eigenvalue weighted by Crippen LogP contribution is 2.46. The molecule has 1 aromatic heterocycles. The Labute approximate surface area is 203 Å². The van der Waals surface area contributed by atoms with Crippen molar-refractivity contribution < 1.29 is 14.3 Å². The highest BCUT2D eigenvalue weighted by atomic mass is 16.5. The predicted octanol–water partition coefficient (Wildman–Crippen LogP) is 6.75. The monoisotopic (exact) mass is 462 g/mol. The van der Waals surface area contributed by atoms with Gasteiger partial charge in [0.05, 0.1) is 29.8 Å². The van der Waals surface area contributed by atoms with E-state index in [1.165, 1.54) is 16.7 Å². The Kier molecular flexibility index (Phi) is 7.11. The Morgan fingerprint density at radius 2 is 1.71 bits per heavy atom. The molecule has 1 aromatic carbocycles. The lowest BCUT2D eigenvalue weighted by Crippen LogP contribution is -2.37. The van der Waals surface area contributed by atoms with E-state index in [9.17, 15) is 9.59 Å². The number of esters is 1. The fraction of sp³-hybridized carbons (Fsp3) is 0.552. The van der Waals surface area contributed by atoms with Gasteiger partial charge in [-0.1, -0.05) is 62.2 Å². The molecule has 0 radical (unpaired) electrons. The standard InChI is InChI=1S/C29H38N2O3/c1-7-34-29(33)24-16-20(6)19(5)15-23(24)28(32)31-27(21-11-9-8-10-12-21)25-18(4)13-14-22(17(2)3)26(25)30-31/h8-12,17-18,22-24H,7,13-16H2,1-6H3/t18-,22+,23-,24-/m1/s1. The molecule has 182 valence electrons. The van der Waals surface area contributed by atoms with Crippen LogP contribution in [0.15, 0.2) is 41.5 Å². The van der Waals surface area contributed by atoms with Gasteiger partial charge >= 0.3 is 5.97 Å². The van der Waals surface area contributed by atoms with Crippen LogP contribution in [-0.4, -0.2) is 28.3 Å². The zero-order chi connectivity index (χ0) is 24.6. The van der Waals surface area contributed by atoms with E-state index < -0.39 is 11.8 Å².